The largest absolute Gasteiger partial charge is 0.492 e. The molecule has 2 aromatic carbocycles. The van der Waals surface area contributed by atoms with Crippen LogP contribution < -0.4 is 4.74 Å². The Morgan fingerprint density at radius 2 is 2.04 bits per heavy atom. The molecule has 0 amide bonds. The number of para-hydroxylation sites is 1. The summed E-state index contributed by atoms with van der Waals surface area (Å²) >= 11 is 1.81. The number of thiazole rings is 1. The van der Waals surface area contributed by atoms with Crippen molar-refractivity contribution in [3.8, 4) is 11.8 Å². The summed E-state index contributed by atoms with van der Waals surface area (Å²) in [6.45, 7) is 2.63. The number of rotatable bonds is 5. The summed E-state index contributed by atoms with van der Waals surface area (Å²) in [6, 6.07) is 18.2. The molecular formula is C20H19N3OS. The minimum absolute atomic E-state index is 0.405. The fraction of sp³-hybridized carbons (Fsp3) is 0.300. The highest BCUT2D eigenvalue weighted by atomic mass is 32.1. The number of likely N-dealkylation sites (tertiary alicyclic amines) is 1. The van der Waals surface area contributed by atoms with Crippen LogP contribution in [0.4, 0.5) is 0 Å². The van der Waals surface area contributed by atoms with Gasteiger partial charge in [0.25, 0.3) is 0 Å². The zero-order valence-corrected chi connectivity index (χ0v) is 14.7. The quantitative estimate of drug-likeness (QED) is 0.686. The summed E-state index contributed by atoms with van der Waals surface area (Å²) in [5.74, 6) is 0.815. The molecule has 3 aromatic rings. The fourth-order valence-electron chi connectivity index (χ4n) is 3.31. The average Bonchev–Trinajstić information content (AvgIpc) is 3.28. The highest BCUT2D eigenvalue weighted by Gasteiger charge is 2.28. The van der Waals surface area contributed by atoms with Gasteiger partial charge < -0.3 is 4.74 Å². The summed E-state index contributed by atoms with van der Waals surface area (Å²) in [7, 11) is 0. The zero-order chi connectivity index (χ0) is 17.1. The number of aromatic nitrogens is 1. The van der Waals surface area contributed by atoms with Gasteiger partial charge in [0, 0.05) is 6.54 Å². The van der Waals surface area contributed by atoms with E-state index in [9.17, 15) is 0 Å². The third-order valence-electron chi connectivity index (χ3n) is 4.59. The van der Waals surface area contributed by atoms with E-state index in [1.807, 2.05) is 29.5 Å². The maximum absolute atomic E-state index is 8.84. The first-order valence-electron chi connectivity index (χ1n) is 8.56. The SMILES string of the molecule is N#Cc1ccc(OCCN2CCC[C@@H]2c2nc3ccccc3s2)cc1. The molecule has 1 aliphatic heterocycles. The van der Waals surface area contributed by atoms with Gasteiger partial charge in [0.15, 0.2) is 0 Å². The van der Waals surface area contributed by atoms with Gasteiger partial charge in [0.1, 0.15) is 17.4 Å². The molecular weight excluding hydrogens is 330 g/mol. The van der Waals surface area contributed by atoms with Crippen LogP contribution in [0.5, 0.6) is 5.75 Å². The molecule has 0 N–H and O–H groups in total. The molecule has 0 saturated carbocycles. The van der Waals surface area contributed by atoms with E-state index in [-0.39, 0.29) is 0 Å². The van der Waals surface area contributed by atoms with E-state index in [0.717, 1.165) is 30.8 Å². The molecule has 2 heterocycles. The van der Waals surface area contributed by atoms with Crippen LogP contribution in [0, 0.1) is 11.3 Å². The lowest BCUT2D eigenvalue weighted by Gasteiger charge is -2.22. The molecule has 0 spiro atoms. The predicted octanol–water partition coefficient (Wildman–Crippen LogP) is 4.38. The molecule has 5 heteroatoms. The lowest BCUT2D eigenvalue weighted by molar-refractivity contribution is 0.197. The molecule has 0 aliphatic carbocycles. The highest BCUT2D eigenvalue weighted by Crippen LogP contribution is 2.36. The van der Waals surface area contributed by atoms with Gasteiger partial charge >= 0.3 is 0 Å². The van der Waals surface area contributed by atoms with Crippen molar-refractivity contribution in [1.29, 1.82) is 5.26 Å². The van der Waals surface area contributed by atoms with Gasteiger partial charge in [0.2, 0.25) is 0 Å². The Hall–Kier alpha value is -2.42. The molecule has 1 aliphatic rings. The first kappa shape index (κ1) is 16.1. The summed E-state index contributed by atoms with van der Waals surface area (Å²) in [5, 5.41) is 10.1. The third kappa shape index (κ3) is 3.51. The zero-order valence-electron chi connectivity index (χ0n) is 13.9. The van der Waals surface area contributed by atoms with Crippen molar-refractivity contribution in [2.75, 3.05) is 19.7 Å². The van der Waals surface area contributed by atoms with E-state index >= 15 is 0 Å². The Balaban J connectivity index is 1.38. The Labute approximate surface area is 151 Å². The van der Waals surface area contributed by atoms with Gasteiger partial charge in [-0.1, -0.05) is 12.1 Å². The van der Waals surface area contributed by atoms with Gasteiger partial charge in [-0.3, -0.25) is 4.90 Å². The number of benzene rings is 2. The van der Waals surface area contributed by atoms with Crippen molar-refractivity contribution < 1.29 is 4.74 Å². The Morgan fingerprint density at radius 3 is 2.84 bits per heavy atom. The van der Waals surface area contributed by atoms with Crippen LogP contribution >= 0.6 is 11.3 Å². The van der Waals surface area contributed by atoms with Gasteiger partial charge in [-0.05, 0) is 55.8 Å². The Kier molecular flexibility index (Phi) is 4.64. The second-order valence-corrected chi connectivity index (χ2v) is 7.26. The standard InChI is InChI=1S/C20H19N3OS/c21-14-15-7-9-16(10-8-15)24-13-12-23-11-3-5-18(23)20-22-17-4-1-2-6-19(17)25-20/h1-2,4,6-10,18H,3,5,11-13H2/t18-/m1/s1. The Morgan fingerprint density at radius 1 is 1.20 bits per heavy atom. The van der Waals surface area contributed by atoms with Gasteiger partial charge in [-0.2, -0.15) is 5.26 Å². The van der Waals surface area contributed by atoms with E-state index in [0.29, 0.717) is 18.2 Å². The minimum Gasteiger partial charge on any atom is -0.492 e. The van der Waals surface area contributed by atoms with Crippen molar-refractivity contribution in [2.24, 2.45) is 0 Å². The van der Waals surface area contributed by atoms with Gasteiger partial charge in [-0.15, -0.1) is 11.3 Å². The fourth-order valence-corrected chi connectivity index (χ4v) is 4.45. The molecule has 0 bridgehead atoms. The average molecular weight is 349 g/mol. The van der Waals surface area contributed by atoms with Crippen molar-refractivity contribution in [2.45, 2.75) is 18.9 Å². The van der Waals surface area contributed by atoms with Crippen molar-refractivity contribution >= 4 is 21.6 Å². The van der Waals surface area contributed by atoms with E-state index in [1.54, 1.807) is 12.1 Å². The summed E-state index contributed by atoms with van der Waals surface area (Å²) < 4.78 is 7.10. The summed E-state index contributed by atoms with van der Waals surface area (Å²) in [6.07, 6.45) is 2.37. The monoisotopic (exact) mass is 349 g/mol. The number of fused-ring (bicyclic) bond motifs is 1. The van der Waals surface area contributed by atoms with E-state index in [4.69, 9.17) is 15.0 Å². The molecule has 126 valence electrons. The smallest absolute Gasteiger partial charge is 0.119 e. The molecule has 1 fully saturated rings. The molecule has 0 unspecified atom stereocenters. The van der Waals surface area contributed by atoms with E-state index in [1.165, 1.54) is 16.1 Å². The maximum atomic E-state index is 8.84. The van der Waals surface area contributed by atoms with Crippen molar-refractivity contribution in [1.82, 2.24) is 9.88 Å². The normalized spacial score (nSPS) is 17.6. The molecule has 25 heavy (non-hydrogen) atoms. The second kappa shape index (κ2) is 7.22. The lowest BCUT2D eigenvalue weighted by atomic mass is 10.2. The number of hydrogen-bond acceptors (Lipinski definition) is 5. The molecule has 1 saturated heterocycles. The van der Waals surface area contributed by atoms with Gasteiger partial charge in [-0.25, -0.2) is 4.98 Å². The predicted molar refractivity (Wildman–Crippen MR) is 99.8 cm³/mol. The van der Waals surface area contributed by atoms with Crippen LogP contribution in [0.2, 0.25) is 0 Å². The molecule has 4 rings (SSSR count). The first-order valence-corrected chi connectivity index (χ1v) is 9.37. The van der Waals surface area contributed by atoms with Crippen molar-refractivity contribution in [3.63, 3.8) is 0 Å². The molecule has 1 aromatic heterocycles. The van der Waals surface area contributed by atoms with Crippen LogP contribution in [-0.4, -0.2) is 29.6 Å². The van der Waals surface area contributed by atoms with E-state index < -0.39 is 0 Å². The van der Waals surface area contributed by atoms with Crippen molar-refractivity contribution in [3.05, 3.63) is 59.1 Å². The molecule has 4 nitrogen and oxygen atoms in total. The number of nitriles is 1. The Bertz CT molecular complexity index is 864. The minimum atomic E-state index is 0.405. The third-order valence-corrected chi connectivity index (χ3v) is 5.73. The van der Waals surface area contributed by atoms with Crippen LogP contribution in [0.25, 0.3) is 10.2 Å². The summed E-state index contributed by atoms with van der Waals surface area (Å²) in [5.41, 5.74) is 1.76. The number of hydrogen-bond donors (Lipinski definition) is 0. The lowest BCUT2D eigenvalue weighted by Crippen LogP contribution is -2.28. The van der Waals surface area contributed by atoms with Crippen LogP contribution in [-0.2, 0) is 0 Å². The second-order valence-electron chi connectivity index (χ2n) is 6.20. The summed E-state index contributed by atoms with van der Waals surface area (Å²) in [4.78, 5) is 7.31. The van der Waals surface area contributed by atoms with Crippen LogP contribution in [0.1, 0.15) is 29.5 Å². The van der Waals surface area contributed by atoms with Crippen LogP contribution in [0.15, 0.2) is 48.5 Å². The van der Waals surface area contributed by atoms with Gasteiger partial charge in [0.05, 0.1) is 27.9 Å². The number of ether oxygens (including phenoxy) is 1. The first-order chi connectivity index (χ1) is 12.3. The van der Waals surface area contributed by atoms with E-state index in [2.05, 4.69) is 29.2 Å². The molecule has 1 atom stereocenters. The topological polar surface area (TPSA) is 49.1 Å². The molecule has 0 radical (unpaired) electrons. The van der Waals surface area contributed by atoms with Crippen LogP contribution in [0.3, 0.4) is 0 Å². The number of nitrogens with zero attached hydrogens (tertiary/aromatic N) is 3. The maximum Gasteiger partial charge on any atom is 0.119 e. The highest BCUT2D eigenvalue weighted by molar-refractivity contribution is 7.18.